The number of thiazole rings is 1. The van der Waals surface area contributed by atoms with E-state index in [0.717, 1.165) is 10.7 Å². The standard InChI is InChI=1S/C10H14N4O2S2/c1-7-6-17-10(14-7)5-13-18(15,16)9-2-8(3-11)12-4-9/h2,4,6,12-13H,3,5,11H2,1H3. The summed E-state index contributed by atoms with van der Waals surface area (Å²) in [6.07, 6.45) is 1.43. The number of hydrogen-bond acceptors (Lipinski definition) is 5. The number of nitrogens with one attached hydrogen (secondary N) is 2. The zero-order valence-electron chi connectivity index (χ0n) is 9.80. The second kappa shape index (κ2) is 5.19. The Bertz CT molecular complexity index is 630. The average molecular weight is 286 g/mol. The number of nitrogens with two attached hydrogens (primary N) is 1. The number of aromatic nitrogens is 2. The minimum absolute atomic E-state index is 0.191. The molecule has 0 saturated carbocycles. The van der Waals surface area contributed by atoms with Crippen LogP contribution < -0.4 is 10.5 Å². The van der Waals surface area contributed by atoms with E-state index in [0.29, 0.717) is 5.69 Å². The lowest BCUT2D eigenvalue weighted by Gasteiger charge is -2.02. The molecule has 6 nitrogen and oxygen atoms in total. The maximum Gasteiger partial charge on any atom is 0.242 e. The summed E-state index contributed by atoms with van der Waals surface area (Å²) in [5.41, 5.74) is 6.99. The maximum absolute atomic E-state index is 11.9. The van der Waals surface area contributed by atoms with E-state index < -0.39 is 10.0 Å². The molecule has 4 N–H and O–H groups in total. The Labute approximate surface area is 109 Å². The summed E-state index contributed by atoms with van der Waals surface area (Å²) in [7, 11) is -3.51. The summed E-state index contributed by atoms with van der Waals surface area (Å²) >= 11 is 1.43. The van der Waals surface area contributed by atoms with E-state index in [1.807, 2.05) is 12.3 Å². The molecule has 8 heteroatoms. The van der Waals surface area contributed by atoms with Gasteiger partial charge in [0, 0.05) is 29.5 Å². The van der Waals surface area contributed by atoms with Crippen LogP contribution in [0.2, 0.25) is 0 Å². The Balaban J connectivity index is 2.07. The third kappa shape index (κ3) is 2.96. The van der Waals surface area contributed by atoms with Gasteiger partial charge in [-0.15, -0.1) is 11.3 Å². The summed E-state index contributed by atoms with van der Waals surface area (Å²) in [5.74, 6) is 0. The monoisotopic (exact) mass is 286 g/mol. The lowest BCUT2D eigenvalue weighted by molar-refractivity contribution is 0.581. The van der Waals surface area contributed by atoms with E-state index in [1.54, 1.807) is 0 Å². The van der Waals surface area contributed by atoms with Gasteiger partial charge in [0.05, 0.1) is 11.4 Å². The molecular weight excluding hydrogens is 272 g/mol. The van der Waals surface area contributed by atoms with Crippen molar-refractivity contribution in [2.75, 3.05) is 0 Å². The molecule has 2 rings (SSSR count). The zero-order valence-corrected chi connectivity index (χ0v) is 11.4. The highest BCUT2D eigenvalue weighted by Gasteiger charge is 2.16. The first-order chi connectivity index (χ1) is 8.51. The zero-order chi connectivity index (χ0) is 13.2. The number of nitrogens with zero attached hydrogens (tertiary/aromatic N) is 1. The number of hydrogen-bond donors (Lipinski definition) is 3. The van der Waals surface area contributed by atoms with Gasteiger partial charge in [-0.1, -0.05) is 0 Å². The van der Waals surface area contributed by atoms with Crippen LogP contribution in [0.15, 0.2) is 22.5 Å². The lowest BCUT2D eigenvalue weighted by Crippen LogP contribution is -2.22. The van der Waals surface area contributed by atoms with Crippen molar-refractivity contribution < 1.29 is 8.42 Å². The smallest absolute Gasteiger partial charge is 0.242 e. The summed E-state index contributed by atoms with van der Waals surface area (Å²) in [5, 5.41) is 2.62. The molecule has 0 radical (unpaired) electrons. The lowest BCUT2D eigenvalue weighted by atomic mass is 10.4. The third-order valence-electron chi connectivity index (χ3n) is 2.33. The van der Waals surface area contributed by atoms with Crippen molar-refractivity contribution in [1.82, 2.24) is 14.7 Å². The number of aryl methyl sites for hydroxylation is 1. The summed E-state index contributed by atoms with van der Waals surface area (Å²) in [6.45, 7) is 2.35. The first-order valence-electron chi connectivity index (χ1n) is 5.29. The van der Waals surface area contributed by atoms with E-state index in [1.165, 1.54) is 23.6 Å². The Kier molecular flexibility index (Phi) is 3.81. The fourth-order valence-electron chi connectivity index (χ4n) is 1.42. The molecule has 0 spiro atoms. The Morgan fingerprint density at radius 3 is 2.89 bits per heavy atom. The summed E-state index contributed by atoms with van der Waals surface area (Å²) in [4.78, 5) is 7.19. The first kappa shape index (κ1) is 13.2. The number of aromatic amines is 1. The molecule has 0 fully saturated rings. The van der Waals surface area contributed by atoms with E-state index >= 15 is 0 Å². The number of sulfonamides is 1. The molecular formula is C10H14N4O2S2. The van der Waals surface area contributed by atoms with Gasteiger partial charge in [-0.3, -0.25) is 0 Å². The van der Waals surface area contributed by atoms with E-state index in [2.05, 4.69) is 14.7 Å². The van der Waals surface area contributed by atoms with Gasteiger partial charge in [-0.05, 0) is 13.0 Å². The molecule has 0 aliphatic carbocycles. The van der Waals surface area contributed by atoms with Gasteiger partial charge in [-0.25, -0.2) is 18.1 Å². The van der Waals surface area contributed by atoms with Crippen LogP contribution in [0.3, 0.4) is 0 Å². The van der Waals surface area contributed by atoms with Gasteiger partial charge in [0.15, 0.2) is 0 Å². The predicted molar refractivity (Wildman–Crippen MR) is 69.6 cm³/mol. The predicted octanol–water partition coefficient (Wildman–Crippen LogP) is 0.717. The Hall–Kier alpha value is -1.22. The second-order valence-electron chi connectivity index (χ2n) is 3.77. The molecule has 2 aromatic heterocycles. The molecule has 0 amide bonds. The highest BCUT2D eigenvalue weighted by Crippen LogP contribution is 2.13. The topological polar surface area (TPSA) is 101 Å². The maximum atomic E-state index is 11.9. The van der Waals surface area contributed by atoms with Crippen molar-refractivity contribution in [3.63, 3.8) is 0 Å². The number of H-pyrrole nitrogens is 1. The fourth-order valence-corrected chi connectivity index (χ4v) is 3.22. The molecule has 2 heterocycles. The number of rotatable bonds is 5. The van der Waals surface area contributed by atoms with Crippen LogP contribution in [0, 0.1) is 6.92 Å². The molecule has 0 saturated heterocycles. The normalized spacial score (nSPS) is 11.9. The van der Waals surface area contributed by atoms with Gasteiger partial charge in [0.25, 0.3) is 0 Å². The molecule has 0 unspecified atom stereocenters. The van der Waals surface area contributed by atoms with Crippen molar-refractivity contribution in [3.05, 3.63) is 34.0 Å². The molecule has 0 aromatic carbocycles. The van der Waals surface area contributed by atoms with Crippen molar-refractivity contribution in [3.8, 4) is 0 Å². The SMILES string of the molecule is Cc1csc(CNS(=O)(=O)c2c[nH]c(CN)c2)n1. The minimum Gasteiger partial charge on any atom is -0.363 e. The highest BCUT2D eigenvalue weighted by atomic mass is 32.2. The molecule has 0 aliphatic heterocycles. The summed E-state index contributed by atoms with van der Waals surface area (Å²) in [6, 6.07) is 1.52. The van der Waals surface area contributed by atoms with Crippen LogP contribution in [0.5, 0.6) is 0 Å². The minimum atomic E-state index is -3.51. The van der Waals surface area contributed by atoms with Crippen LogP contribution in [0.25, 0.3) is 0 Å². The average Bonchev–Trinajstić information content (AvgIpc) is 2.95. The van der Waals surface area contributed by atoms with Crippen molar-refractivity contribution in [2.45, 2.75) is 24.9 Å². The van der Waals surface area contributed by atoms with Gasteiger partial charge < -0.3 is 10.7 Å². The van der Waals surface area contributed by atoms with Crippen LogP contribution in [-0.4, -0.2) is 18.4 Å². The Morgan fingerprint density at radius 2 is 2.33 bits per heavy atom. The van der Waals surface area contributed by atoms with Crippen molar-refractivity contribution in [2.24, 2.45) is 5.73 Å². The second-order valence-corrected chi connectivity index (χ2v) is 6.48. The molecule has 98 valence electrons. The van der Waals surface area contributed by atoms with E-state index in [4.69, 9.17) is 5.73 Å². The first-order valence-corrected chi connectivity index (χ1v) is 7.65. The third-order valence-corrected chi connectivity index (χ3v) is 4.67. The Morgan fingerprint density at radius 1 is 1.56 bits per heavy atom. The molecule has 2 aromatic rings. The quantitative estimate of drug-likeness (QED) is 0.753. The van der Waals surface area contributed by atoms with Gasteiger partial charge in [-0.2, -0.15) is 0 Å². The molecule has 0 aliphatic rings. The van der Waals surface area contributed by atoms with Crippen molar-refractivity contribution in [1.29, 1.82) is 0 Å². The van der Waals surface area contributed by atoms with Crippen molar-refractivity contribution >= 4 is 21.4 Å². The van der Waals surface area contributed by atoms with Crippen LogP contribution in [0.1, 0.15) is 16.4 Å². The van der Waals surface area contributed by atoms with Crippen LogP contribution in [-0.2, 0) is 23.1 Å². The summed E-state index contributed by atoms with van der Waals surface area (Å²) < 4.78 is 26.4. The highest BCUT2D eigenvalue weighted by molar-refractivity contribution is 7.89. The van der Waals surface area contributed by atoms with E-state index in [-0.39, 0.29) is 18.0 Å². The van der Waals surface area contributed by atoms with Crippen LogP contribution >= 0.6 is 11.3 Å². The molecule has 18 heavy (non-hydrogen) atoms. The van der Waals surface area contributed by atoms with Crippen LogP contribution in [0.4, 0.5) is 0 Å². The van der Waals surface area contributed by atoms with Gasteiger partial charge in [0.1, 0.15) is 5.01 Å². The molecule has 0 bridgehead atoms. The molecule has 0 atom stereocenters. The van der Waals surface area contributed by atoms with Gasteiger partial charge >= 0.3 is 0 Å². The largest absolute Gasteiger partial charge is 0.363 e. The fraction of sp³-hybridized carbons (Fsp3) is 0.300. The van der Waals surface area contributed by atoms with Gasteiger partial charge in [0.2, 0.25) is 10.0 Å². The van der Waals surface area contributed by atoms with E-state index in [9.17, 15) is 8.42 Å².